The molecule has 286 valence electrons. The molecule has 0 amide bonds. The molecule has 9 rings (SSSR count). The molecule has 0 radical (unpaired) electrons. The Balaban J connectivity index is 1.09. The van der Waals surface area contributed by atoms with Crippen molar-refractivity contribution in [1.82, 2.24) is 9.55 Å². The number of aromatic amines is 1. The highest BCUT2D eigenvalue weighted by atomic mass is 16.6. The second-order valence-corrected chi connectivity index (χ2v) is 14.2. The van der Waals surface area contributed by atoms with Gasteiger partial charge in [-0.3, -0.25) is 14.3 Å². The lowest BCUT2D eigenvalue weighted by molar-refractivity contribution is -0.0991. The SMILES string of the molecule is COc1ccc(C(OCC2OC(n3ccc(=O)[nH]c3=O)C(OCc3ccc4ccc5cccc6ccc3c4c56)C2O)(c2ccccc2)c2ccc(OC)cc2)cc1. The van der Waals surface area contributed by atoms with E-state index < -0.39 is 41.4 Å². The summed E-state index contributed by atoms with van der Waals surface area (Å²) in [5, 5.41) is 18.9. The molecule has 0 bridgehead atoms. The highest BCUT2D eigenvalue weighted by Gasteiger charge is 2.48. The zero-order chi connectivity index (χ0) is 39.1. The zero-order valence-electron chi connectivity index (χ0n) is 31.3. The number of aromatic nitrogens is 2. The van der Waals surface area contributed by atoms with E-state index in [1.165, 1.54) is 22.2 Å². The lowest BCUT2D eigenvalue weighted by Crippen LogP contribution is -2.41. The number of nitrogens with zero attached hydrogens (tertiary/aromatic N) is 1. The molecule has 1 saturated heterocycles. The van der Waals surface area contributed by atoms with Crippen molar-refractivity contribution in [3.8, 4) is 11.5 Å². The van der Waals surface area contributed by atoms with Crippen LogP contribution in [0.2, 0.25) is 0 Å². The molecule has 2 heterocycles. The molecule has 0 aliphatic carbocycles. The molecule has 1 aliphatic rings. The van der Waals surface area contributed by atoms with Gasteiger partial charge in [0.15, 0.2) is 6.23 Å². The van der Waals surface area contributed by atoms with Crippen LogP contribution in [-0.4, -0.2) is 53.8 Å². The third kappa shape index (κ3) is 6.42. The molecule has 10 heteroatoms. The standard InChI is InChI=1S/C47H40N2O8/c1-53-36-20-16-34(17-21-36)47(33-9-4-3-5-10-33,35-18-22-37(54-2)23-19-35)56-28-39-43(51)44(45(57-39)49-26-25-40(50)48-46(49)52)55-27-32-14-13-31-12-11-29-7-6-8-30-15-24-38(32)42(31)41(29)30/h3-26,39,43-45,51H,27-28H2,1-2H3,(H,48,50,52). The lowest BCUT2D eigenvalue weighted by atomic mass is 9.80. The summed E-state index contributed by atoms with van der Waals surface area (Å²) in [6, 6.07) is 45.2. The van der Waals surface area contributed by atoms with Crippen LogP contribution in [0.5, 0.6) is 11.5 Å². The Morgan fingerprint density at radius 2 is 1.28 bits per heavy atom. The van der Waals surface area contributed by atoms with E-state index >= 15 is 0 Å². The van der Waals surface area contributed by atoms with E-state index in [2.05, 4.69) is 53.5 Å². The zero-order valence-corrected chi connectivity index (χ0v) is 31.3. The van der Waals surface area contributed by atoms with Gasteiger partial charge >= 0.3 is 5.69 Å². The van der Waals surface area contributed by atoms with Gasteiger partial charge in [-0.25, -0.2) is 4.79 Å². The normalized spacial score (nSPS) is 18.4. The number of ether oxygens (including phenoxy) is 5. The second kappa shape index (κ2) is 15.0. The molecule has 4 unspecified atom stereocenters. The highest BCUT2D eigenvalue weighted by Crippen LogP contribution is 2.43. The van der Waals surface area contributed by atoms with Crippen LogP contribution in [0.4, 0.5) is 0 Å². The van der Waals surface area contributed by atoms with Gasteiger partial charge in [-0.05, 0) is 78.8 Å². The van der Waals surface area contributed by atoms with Crippen LogP contribution in [-0.2, 0) is 26.4 Å². The van der Waals surface area contributed by atoms with Crippen molar-refractivity contribution in [3.05, 3.63) is 189 Å². The van der Waals surface area contributed by atoms with E-state index in [1.807, 2.05) is 84.9 Å². The largest absolute Gasteiger partial charge is 0.497 e. The van der Waals surface area contributed by atoms with Gasteiger partial charge in [0.05, 0.1) is 27.4 Å². The maximum absolute atomic E-state index is 13.2. The van der Waals surface area contributed by atoms with E-state index in [4.69, 9.17) is 23.7 Å². The number of hydrogen-bond acceptors (Lipinski definition) is 8. The summed E-state index contributed by atoms with van der Waals surface area (Å²) in [6.45, 7) is 0.00833. The third-order valence-electron chi connectivity index (χ3n) is 11.1. The van der Waals surface area contributed by atoms with Crippen LogP contribution in [0.25, 0.3) is 32.3 Å². The highest BCUT2D eigenvalue weighted by molar-refractivity contribution is 6.23. The molecule has 4 atom stereocenters. The van der Waals surface area contributed by atoms with Gasteiger partial charge in [0.2, 0.25) is 0 Å². The number of nitrogens with one attached hydrogen (secondary N) is 1. The van der Waals surface area contributed by atoms with Crippen molar-refractivity contribution >= 4 is 32.3 Å². The summed E-state index contributed by atoms with van der Waals surface area (Å²) in [5.41, 5.74) is 0.948. The Morgan fingerprint density at radius 3 is 1.91 bits per heavy atom. The van der Waals surface area contributed by atoms with Crippen molar-refractivity contribution in [2.24, 2.45) is 0 Å². The third-order valence-corrected chi connectivity index (χ3v) is 11.1. The van der Waals surface area contributed by atoms with E-state index in [1.54, 1.807) is 14.2 Å². The van der Waals surface area contributed by atoms with Gasteiger partial charge < -0.3 is 28.8 Å². The first-order chi connectivity index (χ1) is 27.9. The average Bonchev–Trinajstić information content (AvgIpc) is 3.56. The number of aliphatic hydroxyl groups excluding tert-OH is 1. The predicted molar refractivity (Wildman–Crippen MR) is 218 cm³/mol. The van der Waals surface area contributed by atoms with Gasteiger partial charge in [-0.2, -0.15) is 0 Å². The summed E-state index contributed by atoms with van der Waals surface area (Å²) in [5.74, 6) is 1.37. The Labute approximate surface area is 327 Å². The molecule has 0 saturated carbocycles. The van der Waals surface area contributed by atoms with E-state index in [0.29, 0.717) is 11.5 Å². The van der Waals surface area contributed by atoms with Crippen molar-refractivity contribution in [2.75, 3.05) is 20.8 Å². The number of aliphatic hydroxyl groups is 1. The molecule has 1 aliphatic heterocycles. The maximum Gasteiger partial charge on any atom is 0.330 e. The van der Waals surface area contributed by atoms with Crippen LogP contribution in [0.1, 0.15) is 28.5 Å². The Morgan fingerprint density at radius 1 is 0.684 bits per heavy atom. The number of hydrogen-bond donors (Lipinski definition) is 2. The number of benzene rings is 7. The monoisotopic (exact) mass is 760 g/mol. The quantitative estimate of drug-likeness (QED) is 0.0984. The molecule has 1 fully saturated rings. The molecule has 57 heavy (non-hydrogen) atoms. The number of H-pyrrole nitrogens is 1. The van der Waals surface area contributed by atoms with E-state index in [-0.39, 0.29) is 13.2 Å². The van der Waals surface area contributed by atoms with E-state index in [9.17, 15) is 14.7 Å². The molecule has 1 aromatic heterocycles. The fourth-order valence-corrected chi connectivity index (χ4v) is 8.28. The van der Waals surface area contributed by atoms with Gasteiger partial charge in [0, 0.05) is 12.3 Å². The minimum atomic E-state index is -1.24. The van der Waals surface area contributed by atoms with Crippen LogP contribution in [0, 0.1) is 0 Å². The molecule has 7 aromatic carbocycles. The molecule has 10 nitrogen and oxygen atoms in total. The summed E-state index contributed by atoms with van der Waals surface area (Å²) in [4.78, 5) is 27.7. The summed E-state index contributed by atoms with van der Waals surface area (Å²) < 4.78 is 32.5. The molecular weight excluding hydrogens is 721 g/mol. The second-order valence-electron chi connectivity index (χ2n) is 14.2. The molecular formula is C47H40N2O8. The fourth-order valence-electron chi connectivity index (χ4n) is 8.28. The molecule has 2 N–H and O–H groups in total. The summed E-state index contributed by atoms with van der Waals surface area (Å²) >= 11 is 0. The molecule has 8 aromatic rings. The first-order valence-corrected chi connectivity index (χ1v) is 18.8. The van der Waals surface area contributed by atoms with Gasteiger partial charge in [0.1, 0.15) is 35.4 Å². The van der Waals surface area contributed by atoms with Crippen LogP contribution < -0.4 is 20.7 Å². The van der Waals surface area contributed by atoms with Crippen LogP contribution in [0.15, 0.2) is 155 Å². The number of methoxy groups -OCH3 is 2. The minimum absolute atomic E-state index is 0.110. The van der Waals surface area contributed by atoms with Crippen LogP contribution >= 0.6 is 0 Å². The summed E-state index contributed by atoms with van der Waals surface area (Å²) in [7, 11) is 3.23. The number of rotatable bonds is 12. The van der Waals surface area contributed by atoms with Crippen molar-refractivity contribution in [3.63, 3.8) is 0 Å². The van der Waals surface area contributed by atoms with Crippen molar-refractivity contribution < 1.29 is 28.8 Å². The van der Waals surface area contributed by atoms with Crippen molar-refractivity contribution in [2.45, 2.75) is 36.7 Å². The first kappa shape index (κ1) is 36.3. The van der Waals surface area contributed by atoms with Gasteiger partial charge in [-0.1, -0.05) is 109 Å². The van der Waals surface area contributed by atoms with E-state index in [0.717, 1.165) is 49.2 Å². The molecule has 0 spiro atoms. The van der Waals surface area contributed by atoms with Crippen molar-refractivity contribution in [1.29, 1.82) is 0 Å². The Bertz CT molecular complexity index is 2720. The van der Waals surface area contributed by atoms with Gasteiger partial charge in [0.25, 0.3) is 5.56 Å². The predicted octanol–water partition coefficient (Wildman–Crippen LogP) is 7.30. The fraction of sp³-hybridized carbons (Fsp3) is 0.191. The summed E-state index contributed by atoms with van der Waals surface area (Å²) in [6.07, 6.45) is -2.95. The topological polar surface area (TPSA) is 121 Å². The lowest BCUT2D eigenvalue weighted by Gasteiger charge is -2.37. The van der Waals surface area contributed by atoms with Crippen LogP contribution in [0.3, 0.4) is 0 Å². The minimum Gasteiger partial charge on any atom is -0.497 e. The first-order valence-electron chi connectivity index (χ1n) is 18.8. The smallest absolute Gasteiger partial charge is 0.330 e. The maximum atomic E-state index is 13.2. The Hall–Kier alpha value is -6.30. The van der Waals surface area contributed by atoms with Gasteiger partial charge in [-0.15, -0.1) is 0 Å². The average molecular weight is 761 g/mol. The Kier molecular flexibility index (Phi) is 9.55.